The molecule has 6 rings (SSSR count). The van der Waals surface area contributed by atoms with Crippen LogP contribution in [0.2, 0.25) is 0 Å². The number of benzene rings is 4. The van der Waals surface area contributed by atoms with Gasteiger partial charge in [0.25, 0.3) is 5.56 Å². The molecule has 5 aromatic rings. The third-order valence-electron chi connectivity index (χ3n) is 8.70. The zero-order valence-electron chi connectivity index (χ0n) is 27.9. The van der Waals surface area contributed by atoms with Crippen molar-refractivity contribution in [1.82, 2.24) is 9.55 Å². The molecule has 1 saturated carbocycles. The molecule has 1 aliphatic carbocycles. The fourth-order valence-corrected chi connectivity index (χ4v) is 6.30. The van der Waals surface area contributed by atoms with Crippen molar-refractivity contribution in [3.63, 3.8) is 0 Å². The Labute approximate surface area is 279 Å². The summed E-state index contributed by atoms with van der Waals surface area (Å²) >= 11 is 0. The molecule has 0 bridgehead atoms. The minimum Gasteiger partial charge on any atom is -0.491 e. The number of ether oxygens (including phenoxy) is 1. The number of hydrogen-bond donors (Lipinski definition) is 0. The number of nitriles is 1. The second-order valence-corrected chi connectivity index (χ2v) is 12.5. The summed E-state index contributed by atoms with van der Waals surface area (Å²) in [6.45, 7) is 6.05. The van der Waals surface area contributed by atoms with Gasteiger partial charge in [0, 0.05) is 12.0 Å². The lowest BCUT2D eigenvalue weighted by molar-refractivity contribution is 0.242. The van der Waals surface area contributed by atoms with Crippen LogP contribution >= 0.6 is 0 Å². The Morgan fingerprint density at radius 3 is 2.21 bits per heavy atom. The minimum absolute atomic E-state index is 0.0557. The first kappa shape index (κ1) is 33.4. The Hall–Kier alpha value is -4.95. The Balaban J connectivity index is 0.000000301. The van der Waals surface area contributed by atoms with Crippen LogP contribution in [0.4, 0.5) is 0 Å². The highest BCUT2D eigenvalue weighted by Crippen LogP contribution is 2.32. The number of aryl methyl sites for hydroxylation is 1. The third kappa shape index (κ3) is 8.86. The first-order chi connectivity index (χ1) is 23.0. The van der Waals surface area contributed by atoms with Gasteiger partial charge in [0.1, 0.15) is 12.1 Å². The van der Waals surface area contributed by atoms with E-state index < -0.39 is 0 Å². The van der Waals surface area contributed by atoms with E-state index in [4.69, 9.17) is 4.74 Å². The molecule has 5 nitrogen and oxygen atoms in total. The number of rotatable bonds is 9. The van der Waals surface area contributed by atoms with Gasteiger partial charge in [-0.05, 0) is 91.6 Å². The van der Waals surface area contributed by atoms with E-state index in [1.54, 1.807) is 16.5 Å². The fraction of sp³-hybridized carbons (Fsp3) is 0.310. The molecule has 47 heavy (non-hydrogen) atoms. The number of nitrogens with zero attached hydrogens (tertiary/aromatic N) is 3. The molecule has 0 radical (unpaired) electrons. The van der Waals surface area contributed by atoms with Crippen LogP contribution in [0.3, 0.4) is 0 Å². The van der Waals surface area contributed by atoms with Crippen LogP contribution in [0.5, 0.6) is 5.75 Å². The predicted molar refractivity (Wildman–Crippen MR) is 191 cm³/mol. The molecule has 0 unspecified atom stereocenters. The van der Waals surface area contributed by atoms with Crippen molar-refractivity contribution >= 4 is 0 Å². The maximum absolute atomic E-state index is 13.6. The minimum atomic E-state index is -0.0557. The van der Waals surface area contributed by atoms with Gasteiger partial charge in [-0.25, -0.2) is 4.98 Å². The summed E-state index contributed by atoms with van der Waals surface area (Å²) < 4.78 is 7.33. The van der Waals surface area contributed by atoms with Crippen molar-refractivity contribution in [2.24, 2.45) is 0 Å². The van der Waals surface area contributed by atoms with E-state index >= 15 is 0 Å². The van der Waals surface area contributed by atoms with Gasteiger partial charge in [-0.1, -0.05) is 105 Å². The summed E-state index contributed by atoms with van der Waals surface area (Å²) in [6, 6.07) is 36.3. The summed E-state index contributed by atoms with van der Waals surface area (Å²) in [5.74, 6) is 1.63. The monoisotopic (exact) mass is 623 g/mol. The lowest BCUT2D eigenvalue weighted by Crippen LogP contribution is -2.25. The standard InChI is InChI=1S/C30H29N3O2.C12H16/c1-4-7-29-28(18-22-10-12-23(13-11-22)27-9-6-5-8-24(27)19-31)30(34)33(20-32-29)25-14-16-26(17-15-25)35-21(2)3;1-3-7-11(8-4-1)12-9-5-2-6-10-12/h5-6,8-17,20-21H,4,7,18H2,1-3H3;1,3-4,7-8,12H,2,5-6,9-10H2. The van der Waals surface area contributed by atoms with Crippen LogP contribution in [-0.4, -0.2) is 15.7 Å². The van der Waals surface area contributed by atoms with Crippen LogP contribution < -0.4 is 10.3 Å². The highest BCUT2D eigenvalue weighted by molar-refractivity contribution is 5.70. The summed E-state index contributed by atoms with van der Waals surface area (Å²) in [5, 5.41) is 9.41. The summed E-state index contributed by atoms with van der Waals surface area (Å²) in [5.41, 5.74) is 7.36. The number of aromatic nitrogens is 2. The van der Waals surface area contributed by atoms with Gasteiger partial charge in [-0.3, -0.25) is 9.36 Å². The first-order valence-corrected chi connectivity index (χ1v) is 17.0. The van der Waals surface area contributed by atoms with Gasteiger partial charge >= 0.3 is 0 Å². The SMILES string of the molecule is CCCc1ncn(-c2ccc(OC(C)C)cc2)c(=O)c1Cc1ccc(-c2ccccc2C#N)cc1.c1ccc(C2CCCCC2)cc1. The molecular weight excluding hydrogens is 578 g/mol. The first-order valence-electron chi connectivity index (χ1n) is 17.0. The Morgan fingerprint density at radius 2 is 1.55 bits per heavy atom. The average molecular weight is 624 g/mol. The lowest BCUT2D eigenvalue weighted by atomic mass is 9.84. The molecular formula is C42H45N3O2. The van der Waals surface area contributed by atoms with E-state index in [0.717, 1.165) is 52.6 Å². The molecule has 0 amide bonds. The largest absolute Gasteiger partial charge is 0.491 e. The van der Waals surface area contributed by atoms with Gasteiger partial charge < -0.3 is 4.74 Å². The van der Waals surface area contributed by atoms with E-state index in [1.807, 2.05) is 86.6 Å². The molecule has 1 aliphatic rings. The molecule has 0 spiro atoms. The Bertz CT molecular complexity index is 1810. The highest BCUT2D eigenvalue weighted by Gasteiger charge is 2.15. The van der Waals surface area contributed by atoms with E-state index in [2.05, 4.69) is 48.3 Å². The van der Waals surface area contributed by atoms with Gasteiger partial charge in [0.15, 0.2) is 0 Å². The molecule has 0 aliphatic heterocycles. The van der Waals surface area contributed by atoms with Crippen molar-refractivity contribution in [2.75, 3.05) is 0 Å². The van der Waals surface area contributed by atoms with E-state index in [9.17, 15) is 10.1 Å². The van der Waals surface area contributed by atoms with Crippen LogP contribution in [0.25, 0.3) is 16.8 Å². The van der Waals surface area contributed by atoms with Crippen molar-refractivity contribution in [1.29, 1.82) is 5.26 Å². The van der Waals surface area contributed by atoms with Crippen LogP contribution in [0.1, 0.15) is 93.2 Å². The smallest absolute Gasteiger partial charge is 0.261 e. The lowest BCUT2D eigenvalue weighted by Gasteiger charge is -2.21. The van der Waals surface area contributed by atoms with Gasteiger partial charge in [-0.15, -0.1) is 0 Å². The van der Waals surface area contributed by atoms with Crippen molar-refractivity contribution in [3.8, 4) is 28.6 Å². The second kappa shape index (κ2) is 16.6. The van der Waals surface area contributed by atoms with Crippen LogP contribution in [-0.2, 0) is 12.8 Å². The zero-order chi connectivity index (χ0) is 33.0. The van der Waals surface area contributed by atoms with Gasteiger partial charge in [0.2, 0.25) is 0 Å². The second-order valence-electron chi connectivity index (χ2n) is 12.5. The highest BCUT2D eigenvalue weighted by atomic mass is 16.5. The molecule has 4 aromatic carbocycles. The molecule has 1 heterocycles. The van der Waals surface area contributed by atoms with E-state index in [0.29, 0.717) is 17.5 Å². The quantitative estimate of drug-likeness (QED) is 0.164. The third-order valence-corrected chi connectivity index (χ3v) is 8.70. The van der Waals surface area contributed by atoms with Gasteiger partial charge in [0.05, 0.1) is 29.1 Å². The predicted octanol–water partition coefficient (Wildman–Crippen LogP) is 9.84. The molecule has 0 N–H and O–H groups in total. The molecule has 5 heteroatoms. The van der Waals surface area contributed by atoms with Gasteiger partial charge in [-0.2, -0.15) is 5.26 Å². The maximum atomic E-state index is 13.6. The molecule has 1 fully saturated rings. The molecule has 0 atom stereocenters. The van der Waals surface area contributed by atoms with Crippen molar-refractivity contribution in [2.45, 2.75) is 84.2 Å². The number of hydrogen-bond acceptors (Lipinski definition) is 4. The fourth-order valence-electron chi connectivity index (χ4n) is 6.30. The Kier molecular flexibility index (Phi) is 11.8. The Morgan fingerprint density at radius 1 is 0.872 bits per heavy atom. The maximum Gasteiger partial charge on any atom is 0.261 e. The van der Waals surface area contributed by atoms with Crippen LogP contribution in [0.15, 0.2) is 114 Å². The normalized spacial score (nSPS) is 13.0. The summed E-state index contributed by atoms with van der Waals surface area (Å²) in [7, 11) is 0. The molecule has 1 aromatic heterocycles. The van der Waals surface area contributed by atoms with Crippen molar-refractivity contribution < 1.29 is 4.74 Å². The molecule has 0 saturated heterocycles. The van der Waals surface area contributed by atoms with E-state index in [1.165, 1.54) is 32.1 Å². The van der Waals surface area contributed by atoms with Crippen LogP contribution in [0, 0.1) is 11.3 Å². The summed E-state index contributed by atoms with van der Waals surface area (Å²) in [4.78, 5) is 18.2. The van der Waals surface area contributed by atoms with E-state index in [-0.39, 0.29) is 11.7 Å². The average Bonchev–Trinajstić information content (AvgIpc) is 3.11. The summed E-state index contributed by atoms with van der Waals surface area (Å²) in [6.07, 6.45) is 11.0. The zero-order valence-corrected chi connectivity index (χ0v) is 27.9. The molecule has 240 valence electrons. The van der Waals surface area contributed by atoms with Crippen molar-refractivity contribution in [3.05, 3.63) is 148 Å². The topological polar surface area (TPSA) is 67.9 Å².